The van der Waals surface area contributed by atoms with Crippen molar-refractivity contribution in [2.75, 3.05) is 26.2 Å². The molecule has 1 aromatic carbocycles. The first kappa shape index (κ1) is 22.3. The third-order valence-electron chi connectivity index (χ3n) is 4.15. The summed E-state index contributed by atoms with van der Waals surface area (Å²) in [5, 5.41) is 6.22. The van der Waals surface area contributed by atoms with Crippen molar-refractivity contribution in [2.24, 2.45) is 0 Å². The number of benzene rings is 1. The van der Waals surface area contributed by atoms with Crippen molar-refractivity contribution >= 4 is 30.7 Å². The van der Waals surface area contributed by atoms with Crippen LogP contribution in [0.5, 0.6) is 0 Å². The van der Waals surface area contributed by atoms with Crippen molar-refractivity contribution in [2.45, 2.75) is 12.6 Å². The third kappa shape index (κ3) is 6.21. The molecule has 1 aliphatic heterocycles. The van der Waals surface area contributed by atoms with E-state index in [1.807, 2.05) is 18.2 Å². The highest BCUT2D eigenvalue weighted by Crippen LogP contribution is 2.22. The van der Waals surface area contributed by atoms with Gasteiger partial charge in [-0.15, -0.1) is 24.8 Å². The second-order valence-corrected chi connectivity index (χ2v) is 5.88. The lowest BCUT2D eigenvalue weighted by molar-refractivity contribution is -0.123. The van der Waals surface area contributed by atoms with Gasteiger partial charge in [-0.25, -0.2) is 4.39 Å². The van der Waals surface area contributed by atoms with E-state index in [1.165, 1.54) is 12.1 Å². The first-order chi connectivity index (χ1) is 11.7. The van der Waals surface area contributed by atoms with Gasteiger partial charge in [0.25, 0.3) is 0 Å². The van der Waals surface area contributed by atoms with Gasteiger partial charge < -0.3 is 10.6 Å². The highest BCUT2D eigenvalue weighted by Gasteiger charge is 2.25. The van der Waals surface area contributed by atoms with Gasteiger partial charge in [-0.1, -0.05) is 18.2 Å². The van der Waals surface area contributed by atoms with E-state index < -0.39 is 0 Å². The molecular formula is C18H23Cl2FN4O. The van der Waals surface area contributed by atoms with Gasteiger partial charge >= 0.3 is 0 Å². The summed E-state index contributed by atoms with van der Waals surface area (Å²) in [6.45, 7) is 3.04. The SMILES string of the molecule is Cl.Cl.O=C(CN1CCNCC1c1cccc(F)c1)NCc1cccnc1. The molecule has 26 heavy (non-hydrogen) atoms. The zero-order valence-corrected chi connectivity index (χ0v) is 15.9. The Morgan fingerprint density at radius 2 is 2.15 bits per heavy atom. The molecule has 0 aliphatic carbocycles. The second-order valence-electron chi connectivity index (χ2n) is 5.88. The van der Waals surface area contributed by atoms with Crippen molar-refractivity contribution in [1.29, 1.82) is 0 Å². The van der Waals surface area contributed by atoms with Crippen LogP contribution in [0.3, 0.4) is 0 Å². The molecule has 2 aromatic rings. The first-order valence-corrected chi connectivity index (χ1v) is 8.08. The second kappa shape index (κ2) is 11.1. The normalized spacial score (nSPS) is 16.9. The van der Waals surface area contributed by atoms with E-state index in [1.54, 1.807) is 18.5 Å². The fourth-order valence-electron chi connectivity index (χ4n) is 2.92. The molecule has 2 N–H and O–H groups in total. The van der Waals surface area contributed by atoms with Crippen LogP contribution in [0.25, 0.3) is 0 Å². The minimum absolute atomic E-state index is 0. The number of piperazine rings is 1. The summed E-state index contributed by atoms with van der Waals surface area (Å²) in [5.41, 5.74) is 1.86. The standard InChI is InChI=1S/C18H21FN4O.2ClH/c19-16-5-1-4-15(9-16)17-12-21-7-8-23(17)13-18(24)22-11-14-3-2-6-20-10-14;;/h1-6,9-10,17,21H,7-8,11-13H2,(H,22,24);2*1H. The first-order valence-electron chi connectivity index (χ1n) is 8.08. The molecule has 1 amide bonds. The molecule has 3 rings (SSSR count). The van der Waals surface area contributed by atoms with Gasteiger partial charge in [-0.3, -0.25) is 14.7 Å². The number of hydrogen-bond donors (Lipinski definition) is 2. The molecule has 5 nitrogen and oxygen atoms in total. The lowest BCUT2D eigenvalue weighted by Gasteiger charge is -2.36. The Bertz CT molecular complexity index is 690. The smallest absolute Gasteiger partial charge is 0.234 e. The third-order valence-corrected chi connectivity index (χ3v) is 4.15. The summed E-state index contributed by atoms with van der Waals surface area (Å²) < 4.78 is 13.5. The van der Waals surface area contributed by atoms with Gasteiger partial charge in [0.1, 0.15) is 5.82 Å². The van der Waals surface area contributed by atoms with Gasteiger partial charge in [0.05, 0.1) is 6.54 Å². The van der Waals surface area contributed by atoms with Gasteiger partial charge in [0.15, 0.2) is 0 Å². The van der Waals surface area contributed by atoms with Crippen molar-refractivity contribution < 1.29 is 9.18 Å². The van der Waals surface area contributed by atoms with E-state index in [9.17, 15) is 9.18 Å². The van der Waals surface area contributed by atoms with Crippen LogP contribution in [0.1, 0.15) is 17.2 Å². The molecule has 0 radical (unpaired) electrons. The lowest BCUT2D eigenvalue weighted by atomic mass is 10.0. The Labute approximate surface area is 165 Å². The van der Waals surface area contributed by atoms with Crippen molar-refractivity contribution in [3.05, 3.63) is 65.7 Å². The molecular weight excluding hydrogens is 378 g/mol. The number of aromatic nitrogens is 1. The van der Waals surface area contributed by atoms with Crippen LogP contribution in [-0.4, -0.2) is 42.0 Å². The number of carbonyl (C=O) groups excluding carboxylic acids is 1. The van der Waals surface area contributed by atoms with E-state index in [4.69, 9.17) is 0 Å². The molecule has 0 bridgehead atoms. The number of nitrogens with one attached hydrogen (secondary N) is 2. The van der Waals surface area contributed by atoms with E-state index in [2.05, 4.69) is 20.5 Å². The maximum atomic E-state index is 13.5. The number of rotatable bonds is 5. The van der Waals surface area contributed by atoms with Crippen molar-refractivity contribution in [1.82, 2.24) is 20.5 Å². The molecule has 2 heterocycles. The molecule has 1 atom stereocenters. The summed E-state index contributed by atoms with van der Waals surface area (Å²) in [7, 11) is 0. The predicted octanol–water partition coefficient (Wildman–Crippen LogP) is 2.33. The molecule has 1 aromatic heterocycles. The number of hydrogen-bond acceptors (Lipinski definition) is 4. The molecule has 1 saturated heterocycles. The highest BCUT2D eigenvalue weighted by molar-refractivity contribution is 5.85. The van der Waals surface area contributed by atoms with Crippen LogP contribution >= 0.6 is 24.8 Å². The van der Waals surface area contributed by atoms with Crippen LogP contribution in [0.15, 0.2) is 48.8 Å². The van der Waals surface area contributed by atoms with Crippen molar-refractivity contribution in [3.8, 4) is 0 Å². The summed E-state index contributed by atoms with van der Waals surface area (Å²) in [5.74, 6) is -0.291. The Balaban J connectivity index is 0.00000169. The van der Waals surface area contributed by atoms with Crippen LogP contribution in [0.2, 0.25) is 0 Å². The summed E-state index contributed by atoms with van der Waals surface area (Å²) in [6.07, 6.45) is 3.44. The number of nitrogens with zero attached hydrogens (tertiary/aromatic N) is 2. The maximum Gasteiger partial charge on any atom is 0.234 e. The molecule has 1 unspecified atom stereocenters. The van der Waals surface area contributed by atoms with Gasteiger partial charge in [-0.05, 0) is 29.3 Å². The Kier molecular flexibility index (Phi) is 9.51. The van der Waals surface area contributed by atoms with Crippen LogP contribution in [0, 0.1) is 5.82 Å². The molecule has 0 spiro atoms. The Morgan fingerprint density at radius 1 is 1.31 bits per heavy atom. The maximum absolute atomic E-state index is 13.5. The zero-order chi connectivity index (χ0) is 16.8. The van der Waals surface area contributed by atoms with Gasteiger partial charge in [-0.2, -0.15) is 0 Å². The van der Waals surface area contributed by atoms with E-state index >= 15 is 0 Å². The number of halogens is 3. The molecule has 8 heteroatoms. The summed E-state index contributed by atoms with van der Waals surface area (Å²) in [4.78, 5) is 18.4. The number of amides is 1. The van der Waals surface area contributed by atoms with Crippen LogP contribution in [0.4, 0.5) is 4.39 Å². The molecule has 1 aliphatic rings. The minimum Gasteiger partial charge on any atom is -0.351 e. The van der Waals surface area contributed by atoms with E-state index in [0.717, 1.165) is 24.2 Å². The number of carbonyl (C=O) groups is 1. The quantitative estimate of drug-likeness (QED) is 0.808. The monoisotopic (exact) mass is 400 g/mol. The van der Waals surface area contributed by atoms with E-state index in [-0.39, 0.29) is 42.6 Å². The largest absolute Gasteiger partial charge is 0.351 e. The van der Waals surface area contributed by atoms with E-state index in [0.29, 0.717) is 19.6 Å². The lowest BCUT2D eigenvalue weighted by Crippen LogP contribution is -2.49. The fraction of sp³-hybridized carbons (Fsp3) is 0.333. The fourth-order valence-corrected chi connectivity index (χ4v) is 2.92. The van der Waals surface area contributed by atoms with Crippen LogP contribution < -0.4 is 10.6 Å². The molecule has 0 saturated carbocycles. The average Bonchev–Trinajstić information content (AvgIpc) is 2.61. The minimum atomic E-state index is -0.251. The summed E-state index contributed by atoms with van der Waals surface area (Å²) in [6, 6.07) is 10.4. The number of pyridine rings is 1. The molecule has 142 valence electrons. The average molecular weight is 401 g/mol. The Morgan fingerprint density at radius 3 is 2.88 bits per heavy atom. The van der Waals surface area contributed by atoms with Crippen LogP contribution in [-0.2, 0) is 11.3 Å². The predicted molar refractivity (Wildman–Crippen MR) is 104 cm³/mol. The zero-order valence-electron chi connectivity index (χ0n) is 14.2. The Hall–Kier alpha value is -1.73. The highest BCUT2D eigenvalue weighted by atomic mass is 35.5. The summed E-state index contributed by atoms with van der Waals surface area (Å²) >= 11 is 0. The molecule has 1 fully saturated rings. The van der Waals surface area contributed by atoms with Gasteiger partial charge in [0, 0.05) is 44.6 Å². The van der Waals surface area contributed by atoms with Gasteiger partial charge in [0.2, 0.25) is 5.91 Å². The topological polar surface area (TPSA) is 57.3 Å². The van der Waals surface area contributed by atoms with Crippen molar-refractivity contribution in [3.63, 3.8) is 0 Å².